The normalized spacial score (nSPS) is 26.1. The Morgan fingerprint density at radius 3 is 2.54 bits per heavy atom. The molecule has 8 heteroatoms. The van der Waals surface area contributed by atoms with Gasteiger partial charge in [-0.05, 0) is 6.42 Å². The Morgan fingerprint density at radius 2 is 1.81 bits per heavy atom. The third kappa shape index (κ3) is 3.95. The van der Waals surface area contributed by atoms with Crippen LogP contribution in [0.1, 0.15) is 45.4 Å². The lowest BCUT2D eigenvalue weighted by atomic mass is 10.1. The van der Waals surface area contributed by atoms with E-state index in [1.165, 1.54) is 30.6 Å². The highest BCUT2D eigenvalue weighted by molar-refractivity contribution is 6.03. The molecule has 0 aromatic rings. The van der Waals surface area contributed by atoms with Crippen LogP contribution in [0.4, 0.5) is 4.79 Å². The first-order valence-electron chi connectivity index (χ1n) is 9.88. The third-order valence-corrected chi connectivity index (χ3v) is 5.39. The van der Waals surface area contributed by atoms with Gasteiger partial charge in [0.15, 0.2) is 18.2 Å². The zero-order valence-electron chi connectivity index (χ0n) is 15.9. The number of hydrogen-bond acceptors (Lipinski definition) is 6. The second kappa shape index (κ2) is 8.70. The van der Waals surface area contributed by atoms with E-state index in [9.17, 15) is 9.59 Å². The number of imide groups is 1. The first kappa shape index (κ1) is 18.9. The largest absolute Gasteiger partial charge is 0.378 e. The smallest absolute Gasteiger partial charge is 0.325 e. The molecule has 3 aliphatic rings. The minimum absolute atomic E-state index is 0.240. The Morgan fingerprint density at radius 1 is 1.12 bits per heavy atom. The second-order valence-corrected chi connectivity index (χ2v) is 7.25. The number of nitrogens with one attached hydrogen (secondary N) is 1. The molecule has 8 nitrogen and oxygen atoms in total. The van der Waals surface area contributed by atoms with Crippen LogP contribution in [0.25, 0.3) is 0 Å². The van der Waals surface area contributed by atoms with Gasteiger partial charge in [-0.3, -0.25) is 10.1 Å². The van der Waals surface area contributed by atoms with Gasteiger partial charge in [-0.1, -0.05) is 39.0 Å². The van der Waals surface area contributed by atoms with Crippen LogP contribution in [0.5, 0.6) is 0 Å². The Labute approximate surface area is 155 Å². The molecule has 0 aromatic heterocycles. The van der Waals surface area contributed by atoms with Crippen LogP contribution in [-0.4, -0.2) is 84.7 Å². The number of fused-ring (bicyclic) bond motifs is 1. The van der Waals surface area contributed by atoms with Crippen LogP contribution >= 0.6 is 0 Å². The summed E-state index contributed by atoms with van der Waals surface area (Å²) in [4.78, 5) is 35.1. The molecular weight excluding hydrogens is 334 g/mol. The Kier molecular flexibility index (Phi) is 6.34. The summed E-state index contributed by atoms with van der Waals surface area (Å²) < 4.78 is 5.45. The van der Waals surface area contributed by atoms with Crippen LogP contribution < -0.4 is 5.32 Å². The van der Waals surface area contributed by atoms with Crippen LogP contribution in [0.15, 0.2) is 4.99 Å². The molecule has 0 spiro atoms. The number of aliphatic imine (C=N–C) groups is 1. The van der Waals surface area contributed by atoms with E-state index in [0.717, 1.165) is 38.4 Å². The van der Waals surface area contributed by atoms with Gasteiger partial charge >= 0.3 is 6.03 Å². The number of guanidine groups is 1. The van der Waals surface area contributed by atoms with Gasteiger partial charge in [-0.2, -0.15) is 0 Å². The summed E-state index contributed by atoms with van der Waals surface area (Å²) in [5.41, 5.74) is 0. The molecule has 1 N–H and O–H groups in total. The number of unbranched alkanes of at least 4 members (excludes halogenated alkanes) is 5. The van der Waals surface area contributed by atoms with Gasteiger partial charge in [0.2, 0.25) is 0 Å². The fourth-order valence-corrected chi connectivity index (χ4v) is 3.84. The highest BCUT2D eigenvalue weighted by Crippen LogP contribution is 2.26. The molecule has 0 bridgehead atoms. The molecular formula is C18H31N5O3. The topological polar surface area (TPSA) is 77.5 Å². The average Bonchev–Trinajstić information content (AvgIpc) is 3.03. The van der Waals surface area contributed by atoms with Crippen molar-refractivity contribution in [1.82, 2.24) is 20.0 Å². The van der Waals surface area contributed by atoms with Crippen molar-refractivity contribution < 1.29 is 14.3 Å². The number of nitrogens with zero attached hydrogens (tertiary/aromatic N) is 4. The highest BCUT2D eigenvalue weighted by Gasteiger charge is 2.49. The van der Waals surface area contributed by atoms with Gasteiger partial charge in [0.25, 0.3) is 5.91 Å². The molecule has 3 heterocycles. The van der Waals surface area contributed by atoms with Gasteiger partial charge in [-0.15, -0.1) is 0 Å². The number of urea groups is 1. The van der Waals surface area contributed by atoms with Crippen molar-refractivity contribution in [2.45, 2.75) is 57.7 Å². The maximum atomic E-state index is 12.5. The van der Waals surface area contributed by atoms with Crippen molar-refractivity contribution in [3.05, 3.63) is 0 Å². The molecule has 3 rings (SSSR count). The Bertz CT molecular complexity index is 547. The molecule has 3 amide bonds. The van der Waals surface area contributed by atoms with Gasteiger partial charge in [0.05, 0.1) is 13.2 Å². The molecule has 2 fully saturated rings. The fraction of sp³-hybridized carbons (Fsp3) is 0.833. The molecule has 0 saturated carbocycles. The lowest BCUT2D eigenvalue weighted by molar-refractivity contribution is -0.127. The molecule has 0 radical (unpaired) electrons. The molecule has 0 aliphatic carbocycles. The molecule has 3 aliphatic heterocycles. The number of morpholine rings is 1. The van der Waals surface area contributed by atoms with E-state index in [0.29, 0.717) is 13.2 Å². The second-order valence-electron chi connectivity index (χ2n) is 7.25. The van der Waals surface area contributed by atoms with Crippen molar-refractivity contribution in [2.75, 3.05) is 39.9 Å². The van der Waals surface area contributed by atoms with E-state index in [-0.39, 0.29) is 11.9 Å². The van der Waals surface area contributed by atoms with Crippen LogP contribution in [-0.2, 0) is 9.53 Å². The van der Waals surface area contributed by atoms with Gasteiger partial charge in [0, 0.05) is 26.7 Å². The number of likely N-dealkylation sites (N-methyl/N-ethyl adjacent to an activating group) is 1. The van der Waals surface area contributed by atoms with Crippen LogP contribution in [0.3, 0.4) is 0 Å². The first-order valence-corrected chi connectivity index (χ1v) is 9.88. The van der Waals surface area contributed by atoms with Crippen molar-refractivity contribution in [1.29, 1.82) is 0 Å². The van der Waals surface area contributed by atoms with Crippen LogP contribution in [0, 0.1) is 0 Å². The summed E-state index contributed by atoms with van der Waals surface area (Å²) >= 11 is 0. The lowest BCUT2D eigenvalue weighted by Crippen LogP contribution is -2.64. The van der Waals surface area contributed by atoms with Gasteiger partial charge in [0.1, 0.15) is 0 Å². The minimum atomic E-state index is -0.436. The molecule has 2 saturated heterocycles. The van der Waals surface area contributed by atoms with E-state index in [1.807, 2.05) is 0 Å². The molecule has 2 atom stereocenters. The predicted octanol–water partition coefficient (Wildman–Crippen LogP) is 1.23. The maximum Gasteiger partial charge on any atom is 0.325 e. The van der Waals surface area contributed by atoms with Crippen molar-refractivity contribution >= 4 is 17.9 Å². The zero-order valence-corrected chi connectivity index (χ0v) is 15.9. The number of amides is 3. The summed E-state index contributed by atoms with van der Waals surface area (Å²) in [5, 5.41) is 2.46. The minimum Gasteiger partial charge on any atom is -0.378 e. The van der Waals surface area contributed by atoms with E-state index < -0.39 is 12.2 Å². The van der Waals surface area contributed by atoms with Crippen molar-refractivity contribution in [3.63, 3.8) is 0 Å². The zero-order chi connectivity index (χ0) is 18.5. The first-order chi connectivity index (χ1) is 12.6. The maximum absolute atomic E-state index is 12.5. The summed E-state index contributed by atoms with van der Waals surface area (Å²) in [6, 6.07) is -0.797. The van der Waals surface area contributed by atoms with E-state index in [4.69, 9.17) is 9.73 Å². The number of rotatable bonds is 7. The number of carbonyl (C=O) groups excluding carboxylic acids is 2. The number of ether oxygens (including phenoxy) is 1. The molecule has 146 valence electrons. The monoisotopic (exact) mass is 365 g/mol. The van der Waals surface area contributed by atoms with Crippen LogP contribution in [0.2, 0.25) is 0 Å². The van der Waals surface area contributed by atoms with Crippen molar-refractivity contribution in [3.8, 4) is 0 Å². The van der Waals surface area contributed by atoms with E-state index >= 15 is 0 Å². The summed E-state index contributed by atoms with van der Waals surface area (Å²) in [6.07, 6.45) is 6.76. The predicted molar refractivity (Wildman–Crippen MR) is 98.8 cm³/mol. The quantitative estimate of drug-likeness (QED) is 0.687. The SMILES string of the molecule is CCCCCCCCN1C(N2CCOCC2)=NC2C1C(=O)NC(=O)N2C. The van der Waals surface area contributed by atoms with Crippen molar-refractivity contribution in [2.24, 2.45) is 4.99 Å². The standard InChI is InChI=1S/C18H31N5O3/c1-3-4-5-6-7-8-9-23-14-15(21(2)18(25)20-16(14)24)19-17(23)22-10-12-26-13-11-22/h14-15H,3-13H2,1-2H3,(H,20,24,25). The van der Waals surface area contributed by atoms with Gasteiger partial charge in [-0.25, -0.2) is 9.79 Å². The van der Waals surface area contributed by atoms with Gasteiger partial charge < -0.3 is 19.4 Å². The Hall–Kier alpha value is -1.83. The molecule has 2 unspecified atom stereocenters. The highest BCUT2D eigenvalue weighted by atomic mass is 16.5. The van der Waals surface area contributed by atoms with E-state index in [2.05, 4.69) is 22.0 Å². The van der Waals surface area contributed by atoms with E-state index in [1.54, 1.807) is 7.05 Å². The molecule has 26 heavy (non-hydrogen) atoms. The number of carbonyl (C=O) groups is 2. The summed E-state index contributed by atoms with van der Waals surface area (Å²) in [5.74, 6) is 0.602. The lowest BCUT2D eigenvalue weighted by Gasteiger charge is -2.38. The molecule has 0 aromatic carbocycles. The average molecular weight is 365 g/mol. The summed E-state index contributed by atoms with van der Waals surface area (Å²) in [6.45, 7) is 5.88. The third-order valence-electron chi connectivity index (χ3n) is 5.39. The summed E-state index contributed by atoms with van der Waals surface area (Å²) in [7, 11) is 1.70. The Balaban J connectivity index is 1.69. The fourth-order valence-electron chi connectivity index (χ4n) is 3.84. The number of hydrogen-bond donors (Lipinski definition) is 1.